The Morgan fingerprint density at radius 1 is 0.478 bits per heavy atom. The molecule has 0 radical (unpaired) electrons. The molecule has 0 aliphatic heterocycles. The summed E-state index contributed by atoms with van der Waals surface area (Å²) in [4.78, 5) is 32.8. The normalized spacial score (nSPS) is 9.83. The van der Waals surface area contributed by atoms with Crippen molar-refractivity contribution in [1.82, 2.24) is 0 Å². The Kier molecular flexibility index (Phi) is 21.7. The van der Waals surface area contributed by atoms with Crippen LogP contribution in [0.2, 0.25) is 0 Å². The standard InChI is InChI=1S/C9H7I3.C8H5I3O.C8H7I2NO.C8H9NO/c1-5(2)6-3-7(10)9(12)8(11)4-6;2*1-4(12)5-2-6(9)8(11)7(10)3-5;1-6(10)7-2-4-8(9)5-3-7/h3-4H,1H2,2H3;2-3H,1H3;2-3H,11H2,1H3;2-5H,9H2,1H3. The summed E-state index contributed by atoms with van der Waals surface area (Å²) in [6.45, 7) is 10.6. The number of benzene rings is 4. The number of Topliss-reactive ketones (excluding diaryl/α,β-unsaturated/α-hetero) is 3. The van der Waals surface area contributed by atoms with Crippen LogP contribution in [-0.4, -0.2) is 17.3 Å². The van der Waals surface area contributed by atoms with Crippen LogP contribution in [-0.2, 0) is 0 Å². The van der Waals surface area contributed by atoms with Gasteiger partial charge in [0, 0.05) is 50.9 Å². The van der Waals surface area contributed by atoms with Gasteiger partial charge in [0.1, 0.15) is 0 Å². The molecule has 0 amide bonds. The van der Waals surface area contributed by atoms with Gasteiger partial charge in [0.15, 0.2) is 17.3 Å². The van der Waals surface area contributed by atoms with Crippen molar-refractivity contribution in [1.29, 1.82) is 0 Å². The van der Waals surface area contributed by atoms with Crippen LogP contribution in [0.3, 0.4) is 0 Å². The van der Waals surface area contributed by atoms with Gasteiger partial charge in [-0.15, -0.1) is 0 Å². The zero-order valence-electron chi connectivity index (χ0n) is 24.9. The molecule has 4 aromatic carbocycles. The number of carbonyl (C=O) groups excluding carboxylic acids is 3. The van der Waals surface area contributed by atoms with Crippen LogP contribution in [0.25, 0.3) is 5.57 Å². The molecule has 4 rings (SSSR count). The molecule has 0 atom stereocenters. The van der Waals surface area contributed by atoms with E-state index in [1.165, 1.54) is 26.8 Å². The lowest BCUT2D eigenvalue weighted by molar-refractivity contribution is 0.100. The lowest BCUT2D eigenvalue weighted by atomic mass is 10.1. The maximum atomic E-state index is 11.1. The van der Waals surface area contributed by atoms with E-state index < -0.39 is 0 Å². The molecule has 0 unspecified atom stereocenters. The highest BCUT2D eigenvalue weighted by molar-refractivity contribution is 14.1. The number of nitrogen functional groups attached to an aromatic ring is 2. The fraction of sp³-hybridized carbons (Fsp3) is 0.121. The first-order valence-electron chi connectivity index (χ1n) is 12.8. The summed E-state index contributed by atoms with van der Waals surface area (Å²) in [5, 5.41) is 0. The lowest BCUT2D eigenvalue weighted by Gasteiger charge is -2.04. The number of anilines is 2. The van der Waals surface area contributed by atoms with Crippen molar-refractivity contribution < 1.29 is 14.4 Å². The second-order valence-electron chi connectivity index (χ2n) is 9.43. The fourth-order valence-electron chi connectivity index (χ4n) is 3.07. The molecular weight excluding hydrogens is 1490 g/mol. The van der Waals surface area contributed by atoms with Crippen LogP contribution in [0.1, 0.15) is 64.3 Å². The molecule has 0 bridgehead atoms. The highest BCUT2D eigenvalue weighted by Crippen LogP contribution is 2.26. The van der Waals surface area contributed by atoms with Gasteiger partial charge in [-0.1, -0.05) is 12.2 Å². The molecule has 4 aromatic rings. The van der Waals surface area contributed by atoms with Gasteiger partial charge in [-0.25, -0.2) is 0 Å². The van der Waals surface area contributed by atoms with E-state index in [2.05, 4.69) is 199 Å². The lowest BCUT2D eigenvalue weighted by Crippen LogP contribution is -1.99. The van der Waals surface area contributed by atoms with Gasteiger partial charge >= 0.3 is 0 Å². The number of nitrogens with two attached hydrogens (primary N) is 2. The molecule has 0 aliphatic carbocycles. The minimum atomic E-state index is 0.0694. The maximum absolute atomic E-state index is 11.1. The van der Waals surface area contributed by atoms with E-state index in [0.29, 0.717) is 11.3 Å². The first kappa shape index (κ1) is 45.1. The number of ketones is 3. The van der Waals surface area contributed by atoms with Gasteiger partial charge in [-0.3, -0.25) is 14.4 Å². The van der Waals surface area contributed by atoms with E-state index in [-0.39, 0.29) is 17.3 Å². The molecule has 244 valence electrons. The molecule has 0 saturated carbocycles. The van der Waals surface area contributed by atoms with Crippen LogP contribution >= 0.6 is 181 Å². The molecule has 0 aliphatic rings. The van der Waals surface area contributed by atoms with Crippen molar-refractivity contribution in [3.8, 4) is 0 Å². The summed E-state index contributed by atoms with van der Waals surface area (Å²) in [6.07, 6.45) is 0. The van der Waals surface area contributed by atoms with Gasteiger partial charge in [0.2, 0.25) is 0 Å². The molecule has 0 heterocycles. The Labute approximate surface area is 379 Å². The SMILES string of the molecule is C=C(C)c1cc(I)c(I)c(I)c1.CC(=O)c1cc(I)c(I)c(I)c1.CC(=O)c1cc(I)c(N)c(I)c1.CC(=O)c1ccc(N)cc1. The number of hydrogen-bond donors (Lipinski definition) is 2. The third kappa shape index (κ3) is 15.5. The first-order valence-corrected chi connectivity index (χ1v) is 21.5. The number of carbonyl (C=O) groups is 3. The minimum Gasteiger partial charge on any atom is -0.399 e. The molecule has 0 aromatic heterocycles. The zero-order valence-corrected chi connectivity index (χ0v) is 42.1. The van der Waals surface area contributed by atoms with Gasteiger partial charge in [0.05, 0.1) is 5.69 Å². The fourth-order valence-corrected chi connectivity index (χ4v) is 8.99. The van der Waals surface area contributed by atoms with Gasteiger partial charge in [-0.05, 0) is 275 Å². The smallest absolute Gasteiger partial charge is 0.159 e. The van der Waals surface area contributed by atoms with Crippen LogP contribution < -0.4 is 11.5 Å². The monoisotopic (exact) mass is 1520 g/mol. The average Bonchev–Trinajstić information content (AvgIpc) is 2.97. The molecule has 5 nitrogen and oxygen atoms in total. The summed E-state index contributed by atoms with van der Waals surface area (Å²) in [5.74, 6) is 0.271. The van der Waals surface area contributed by atoms with E-state index in [1.54, 1.807) is 50.2 Å². The Bertz CT molecular complexity index is 1530. The molecule has 13 heteroatoms. The summed E-state index contributed by atoms with van der Waals surface area (Å²) in [5.41, 5.74) is 17.2. The second-order valence-corrected chi connectivity index (χ2v) is 18.6. The number of halogens is 8. The minimum absolute atomic E-state index is 0.0694. The van der Waals surface area contributed by atoms with E-state index in [0.717, 1.165) is 36.7 Å². The molecule has 46 heavy (non-hydrogen) atoms. The van der Waals surface area contributed by atoms with Gasteiger partial charge in [-0.2, -0.15) is 0 Å². The summed E-state index contributed by atoms with van der Waals surface area (Å²) < 4.78 is 9.32. The number of rotatable bonds is 4. The van der Waals surface area contributed by atoms with Crippen molar-refractivity contribution in [2.45, 2.75) is 27.7 Å². The van der Waals surface area contributed by atoms with Crippen molar-refractivity contribution in [3.63, 3.8) is 0 Å². The molecule has 0 fully saturated rings. The van der Waals surface area contributed by atoms with Crippen LogP contribution in [0.5, 0.6) is 0 Å². The second kappa shape index (κ2) is 22.1. The Morgan fingerprint density at radius 3 is 1.04 bits per heavy atom. The molecule has 0 spiro atoms. The summed E-state index contributed by atoms with van der Waals surface area (Å²) in [7, 11) is 0. The third-order valence-electron chi connectivity index (χ3n) is 5.67. The first-order chi connectivity index (χ1) is 21.3. The van der Waals surface area contributed by atoms with Crippen molar-refractivity contribution >= 4 is 215 Å². The molecule has 4 N–H and O–H groups in total. The van der Waals surface area contributed by atoms with Crippen molar-refractivity contribution in [2.75, 3.05) is 11.5 Å². The Hall–Kier alpha value is 1.07. The number of hydrogen-bond acceptors (Lipinski definition) is 5. The van der Waals surface area contributed by atoms with Crippen LogP contribution in [0, 0.1) is 28.6 Å². The molecule has 0 saturated heterocycles. The van der Waals surface area contributed by atoms with Crippen molar-refractivity contribution in [2.24, 2.45) is 0 Å². The Morgan fingerprint density at radius 2 is 0.761 bits per heavy atom. The maximum Gasteiger partial charge on any atom is 0.159 e. The highest BCUT2D eigenvalue weighted by Gasteiger charge is 2.08. The van der Waals surface area contributed by atoms with E-state index in [4.69, 9.17) is 11.5 Å². The van der Waals surface area contributed by atoms with Gasteiger partial charge < -0.3 is 11.5 Å². The highest BCUT2D eigenvalue weighted by atomic mass is 127. The van der Waals surface area contributed by atoms with Crippen LogP contribution in [0.15, 0.2) is 67.2 Å². The van der Waals surface area contributed by atoms with E-state index >= 15 is 0 Å². The van der Waals surface area contributed by atoms with E-state index in [1.807, 2.05) is 19.1 Å². The van der Waals surface area contributed by atoms with Crippen LogP contribution in [0.4, 0.5) is 11.4 Å². The van der Waals surface area contributed by atoms with Crippen molar-refractivity contribution in [3.05, 3.63) is 118 Å². The van der Waals surface area contributed by atoms with Gasteiger partial charge in [0.25, 0.3) is 0 Å². The third-order valence-corrected chi connectivity index (χ3v) is 17.3. The summed E-state index contributed by atoms with van der Waals surface area (Å²) in [6, 6.07) is 18.7. The van der Waals surface area contributed by atoms with E-state index in [9.17, 15) is 14.4 Å². The molecular formula is C33H28I8N2O3. The summed E-state index contributed by atoms with van der Waals surface area (Å²) >= 11 is 18.1. The average molecular weight is 1520 g/mol. The largest absolute Gasteiger partial charge is 0.399 e. The quantitative estimate of drug-likeness (QED) is 0.0917. The zero-order chi connectivity index (χ0) is 35.5. The predicted octanol–water partition coefficient (Wildman–Crippen LogP) is 12.4. The number of allylic oxidation sites excluding steroid dienone is 1. The Balaban J connectivity index is 0.000000307. The topological polar surface area (TPSA) is 103 Å². The predicted molar refractivity (Wildman–Crippen MR) is 261 cm³/mol.